The first-order valence-electron chi connectivity index (χ1n) is 9.13. The number of carbonyl (C=O) groups is 2. The summed E-state index contributed by atoms with van der Waals surface area (Å²) >= 11 is 1.67. The van der Waals surface area contributed by atoms with E-state index in [1.54, 1.807) is 25.6 Å². The average Bonchev–Trinajstić information content (AvgIpc) is 3.22. The second-order valence-electron chi connectivity index (χ2n) is 5.98. The monoisotopic (exact) mass is 389 g/mol. The zero-order valence-electron chi connectivity index (χ0n) is 15.7. The van der Waals surface area contributed by atoms with Gasteiger partial charge in [-0.15, -0.1) is 0 Å². The zero-order valence-corrected chi connectivity index (χ0v) is 16.5. The third kappa shape index (κ3) is 4.00. The van der Waals surface area contributed by atoms with Crippen molar-refractivity contribution in [3.05, 3.63) is 17.7 Å². The first kappa shape index (κ1) is 19.4. The molecular weight excluding hydrogens is 366 g/mol. The van der Waals surface area contributed by atoms with Crippen LogP contribution in [0.25, 0.3) is 0 Å². The molecular formula is C19H23N3O4S. The summed E-state index contributed by atoms with van der Waals surface area (Å²) in [6.45, 7) is 7.47. The van der Waals surface area contributed by atoms with E-state index in [-0.39, 0.29) is 13.2 Å². The van der Waals surface area contributed by atoms with Crippen molar-refractivity contribution in [2.75, 3.05) is 31.2 Å². The SMILES string of the molecule is CCOC(=O)C(C=Nc1cc2c(cc1CC)SC1=NCCN12)C(=O)OCC. The molecule has 0 saturated carbocycles. The molecule has 1 aromatic rings. The predicted molar refractivity (Wildman–Crippen MR) is 106 cm³/mol. The largest absolute Gasteiger partial charge is 0.465 e. The summed E-state index contributed by atoms with van der Waals surface area (Å²) in [4.78, 5) is 36.6. The lowest BCUT2D eigenvalue weighted by Crippen LogP contribution is -2.29. The third-order valence-corrected chi connectivity index (χ3v) is 5.36. The second kappa shape index (κ2) is 8.56. The lowest BCUT2D eigenvalue weighted by molar-refractivity contribution is -0.157. The molecule has 0 atom stereocenters. The van der Waals surface area contributed by atoms with Gasteiger partial charge in [-0.25, -0.2) is 0 Å². The molecule has 144 valence electrons. The molecule has 8 heteroatoms. The Labute approximate surface area is 162 Å². The van der Waals surface area contributed by atoms with Crippen molar-refractivity contribution in [1.82, 2.24) is 0 Å². The van der Waals surface area contributed by atoms with Crippen LogP contribution in [0.4, 0.5) is 11.4 Å². The van der Waals surface area contributed by atoms with E-state index in [2.05, 4.69) is 21.0 Å². The molecule has 2 aliphatic rings. The lowest BCUT2D eigenvalue weighted by Gasteiger charge is -2.14. The number of aliphatic imine (C=N–C) groups is 2. The van der Waals surface area contributed by atoms with Crippen LogP contribution < -0.4 is 4.90 Å². The number of nitrogens with zero attached hydrogens (tertiary/aromatic N) is 3. The number of hydrogen-bond acceptors (Lipinski definition) is 8. The minimum Gasteiger partial charge on any atom is -0.465 e. The number of anilines is 1. The Kier molecular flexibility index (Phi) is 6.15. The minimum atomic E-state index is -1.17. The van der Waals surface area contributed by atoms with E-state index < -0.39 is 17.9 Å². The van der Waals surface area contributed by atoms with Crippen molar-refractivity contribution in [2.45, 2.75) is 32.1 Å². The Morgan fingerprint density at radius 1 is 1.26 bits per heavy atom. The lowest BCUT2D eigenvalue weighted by atomic mass is 10.1. The molecule has 0 fully saturated rings. The molecule has 1 aromatic carbocycles. The number of thioether (sulfide) groups is 1. The van der Waals surface area contributed by atoms with E-state index in [9.17, 15) is 9.59 Å². The first-order valence-corrected chi connectivity index (χ1v) is 9.94. The second-order valence-corrected chi connectivity index (χ2v) is 6.99. The number of rotatable bonds is 7. The normalized spacial score (nSPS) is 15.1. The van der Waals surface area contributed by atoms with Gasteiger partial charge in [-0.05, 0) is 49.7 Å². The summed E-state index contributed by atoms with van der Waals surface area (Å²) in [7, 11) is 0. The fourth-order valence-corrected chi connectivity index (χ4v) is 4.10. The van der Waals surface area contributed by atoms with Crippen molar-refractivity contribution in [2.24, 2.45) is 15.9 Å². The standard InChI is InChI=1S/C19H23N3O4S/c1-4-12-9-16-15(22-8-7-20-19(22)27-16)10-14(12)21-11-13(17(23)25-5-2)18(24)26-6-3/h9-11,13H,4-8H2,1-3H3. The van der Waals surface area contributed by atoms with E-state index >= 15 is 0 Å². The molecule has 0 bridgehead atoms. The smallest absolute Gasteiger partial charge is 0.325 e. The number of fused-ring (bicyclic) bond motifs is 3. The van der Waals surface area contributed by atoms with Crippen LogP contribution in [-0.4, -0.2) is 49.6 Å². The van der Waals surface area contributed by atoms with Crippen molar-refractivity contribution >= 4 is 46.5 Å². The first-order chi connectivity index (χ1) is 13.1. The molecule has 0 amide bonds. The van der Waals surface area contributed by atoms with E-state index in [1.807, 2.05) is 13.0 Å². The Morgan fingerprint density at radius 2 is 1.96 bits per heavy atom. The summed E-state index contributed by atoms with van der Waals surface area (Å²) in [6, 6.07) is 4.11. The molecule has 0 saturated heterocycles. The number of carbonyl (C=O) groups excluding carboxylic acids is 2. The van der Waals surface area contributed by atoms with E-state index in [4.69, 9.17) is 9.47 Å². The maximum Gasteiger partial charge on any atom is 0.325 e. The highest BCUT2D eigenvalue weighted by Crippen LogP contribution is 2.45. The molecule has 2 aliphatic heterocycles. The Balaban J connectivity index is 1.90. The van der Waals surface area contributed by atoms with Gasteiger partial charge >= 0.3 is 11.9 Å². The zero-order chi connectivity index (χ0) is 19.4. The van der Waals surface area contributed by atoms with Crippen molar-refractivity contribution in [3.63, 3.8) is 0 Å². The number of esters is 2. The summed E-state index contributed by atoms with van der Waals surface area (Å²) in [6.07, 6.45) is 2.12. The molecule has 3 rings (SSSR count). The van der Waals surface area contributed by atoms with Gasteiger partial charge in [0.2, 0.25) is 0 Å². The van der Waals surface area contributed by atoms with Crippen LogP contribution in [0, 0.1) is 5.92 Å². The number of ether oxygens (including phenoxy) is 2. The van der Waals surface area contributed by atoms with Crippen LogP contribution in [-0.2, 0) is 25.5 Å². The van der Waals surface area contributed by atoms with Gasteiger partial charge in [0.1, 0.15) is 0 Å². The van der Waals surface area contributed by atoms with E-state index in [1.165, 1.54) is 6.21 Å². The maximum absolute atomic E-state index is 12.1. The Bertz CT molecular complexity index is 788. The van der Waals surface area contributed by atoms with Gasteiger partial charge in [-0.3, -0.25) is 19.6 Å². The van der Waals surface area contributed by atoms with Gasteiger partial charge < -0.3 is 14.4 Å². The van der Waals surface area contributed by atoms with Crippen molar-refractivity contribution < 1.29 is 19.1 Å². The Morgan fingerprint density at radius 3 is 2.59 bits per heavy atom. The van der Waals surface area contributed by atoms with Gasteiger partial charge in [0.05, 0.1) is 31.1 Å². The summed E-state index contributed by atoms with van der Waals surface area (Å²) in [5.74, 6) is -2.46. The molecule has 7 nitrogen and oxygen atoms in total. The minimum absolute atomic E-state index is 0.190. The van der Waals surface area contributed by atoms with Gasteiger partial charge in [-0.2, -0.15) is 0 Å². The van der Waals surface area contributed by atoms with E-state index in [0.717, 1.165) is 46.5 Å². The van der Waals surface area contributed by atoms with E-state index in [0.29, 0.717) is 0 Å². The van der Waals surface area contributed by atoms with Gasteiger partial charge in [0.25, 0.3) is 0 Å². The van der Waals surface area contributed by atoms with Crippen LogP contribution in [0.3, 0.4) is 0 Å². The van der Waals surface area contributed by atoms with Crippen LogP contribution in [0.1, 0.15) is 26.3 Å². The van der Waals surface area contributed by atoms with Gasteiger partial charge in [0, 0.05) is 17.7 Å². The predicted octanol–water partition coefficient (Wildman–Crippen LogP) is 2.98. The van der Waals surface area contributed by atoms with Crippen LogP contribution in [0.15, 0.2) is 27.0 Å². The van der Waals surface area contributed by atoms with Crippen LogP contribution in [0.5, 0.6) is 0 Å². The molecule has 0 unspecified atom stereocenters. The third-order valence-electron chi connectivity index (χ3n) is 4.28. The molecule has 0 aliphatic carbocycles. The maximum atomic E-state index is 12.1. The topological polar surface area (TPSA) is 80.6 Å². The van der Waals surface area contributed by atoms with Crippen molar-refractivity contribution in [1.29, 1.82) is 0 Å². The summed E-state index contributed by atoms with van der Waals surface area (Å²) in [5, 5.41) is 1.02. The average molecular weight is 389 g/mol. The highest BCUT2D eigenvalue weighted by atomic mass is 32.2. The van der Waals surface area contributed by atoms with Crippen LogP contribution >= 0.6 is 11.8 Å². The molecule has 0 N–H and O–H groups in total. The quantitative estimate of drug-likeness (QED) is 0.405. The summed E-state index contributed by atoms with van der Waals surface area (Å²) < 4.78 is 9.98. The van der Waals surface area contributed by atoms with Crippen molar-refractivity contribution in [3.8, 4) is 0 Å². The molecule has 0 radical (unpaired) electrons. The number of aryl methyl sites for hydroxylation is 1. The van der Waals surface area contributed by atoms with Gasteiger partial charge in [0.15, 0.2) is 11.1 Å². The fourth-order valence-electron chi connectivity index (χ4n) is 2.97. The number of benzene rings is 1. The molecule has 0 spiro atoms. The number of hydrogen-bond donors (Lipinski definition) is 0. The Hall–Kier alpha value is -2.35. The highest BCUT2D eigenvalue weighted by Gasteiger charge is 2.31. The molecule has 27 heavy (non-hydrogen) atoms. The fraction of sp³-hybridized carbons (Fsp3) is 0.474. The van der Waals surface area contributed by atoms with Crippen LogP contribution in [0.2, 0.25) is 0 Å². The highest BCUT2D eigenvalue weighted by molar-refractivity contribution is 8.14. The summed E-state index contributed by atoms with van der Waals surface area (Å²) in [5.41, 5.74) is 2.86. The van der Waals surface area contributed by atoms with Gasteiger partial charge in [-0.1, -0.05) is 6.92 Å². The number of amidine groups is 1. The molecule has 2 heterocycles. The molecule has 0 aromatic heterocycles.